The number of para-hydroxylation sites is 1. The number of likely N-dealkylation sites (N-methyl/N-ethyl adjacent to an activating group) is 1. The molecule has 2 aromatic carbocycles. The molecule has 1 aromatic heterocycles. The van der Waals surface area contributed by atoms with Crippen LogP contribution < -0.4 is 0 Å². The van der Waals surface area contributed by atoms with Gasteiger partial charge in [0.1, 0.15) is 0 Å². The zero-order valence-electron chi connectivity index (χ0n) is 16.1. The maximum Gasteiger partial charge on any atom is 0.266 e. The van der Waals surface area contributed by atoms with Crippen molar-refractivity contribution < 1.29 is 4.79 Å². The van der Waals surface area contributed by atoms with Crippen LogP contribution in [-0.4, -0.2) is 33.6 Å². The third-order valence-electron chi connectivity index (χ3n) is 4.80. The minimum atomic E-state index is 0.0413. The Kier molecular flexibility index (Phi) is 5.35. The molecule has 1 aliphatic rings. The summed E-state index contributed by atoms with van der Waals surface area (Å²) in [5.74, 6) is 0.0413. The number of rotatable bonds is 5. The van der Waals surface area contributed by atoms with Gasteiger partial charge in [-0.25, -0.2) is 0 Å². The summed E-state index contributed by atoms with van der Waals surface area (Å²) >= 11 is 1.47. The van der Waals surface area contributed by atoms with E-state index in [0.717, 1.165) is 27.6 Å². The lowest BCUT2D eigenvalue weighted by Gasteiger charge is -2.11. The number of amidine groups is 1. The number of benzene rings is 2. The second-order valence-corrected chi connectivity index (χ2v) is 7.64. The largest absolute Gasteiger partial charge is 0.342 e. The predicted octanol–water partition coefficient (Wildman–Crippen LogP) is 5.00. The molecule has 4 nitrogen and oxygen atoms in total. The average molecular weight is 390 g/mol. The fourth-order valence-corrected chi connectivity index (χ4v) is 4.58. The van der Waals surface area contributed by atoms with Crippen molar-refractivity contribution in [1.29, 1.82) is 0 Å². The van der Waals surface area contributed by atoms with Crippen LogP contribution in [0.4, 0.5) is 0 Å². The number of aliphatic imine (C=N–C) groups is 1. The summed E-state index contributed by atoms with van der Waals surface area (Å²) < 4.78 is 2.25. The van der Waals surface area contributed by atoms with E-state index in [1.165, 1.54) is 22.8 Å². The quantitative estimate of drug-likeness (QED) is 0.576. The van der Waals surface area contributed by atoms with Crippen LogP contribution >= 0.6 is 11.8 Å². The molecule has 0 N–H and O–H groups in total. The second-order valence-electron chi connectivity index (χ2n) is 6.63. The van der Waals surface area contributed by atoms with Gasteiger partial charge < -0.3 is 4.57 Å². The van der Waals surface area contributed by atoms with E-state index in [0.29, 0.717) is 13.1 Å². The van der Waals surface area contributed by atoms with Gasteiger partial charge >= 0.3 is 0 Å². The molecule has 0 radical (unpaired) electrons. The molecule has 1 aliphatic heterocycles. The van der Waals surface area contributed by atoms with Gasteiger partial charge in [-0.1, -0.05) is 48.5 Å². The van der Waals surface area contributed by atoms with Crippen LogP contribution in [0.25, 0.3) is 17.0 Å². The highest BCUT2D eigenvalue weighted by atomic mass is 32.2. The van der Waals surface area contributed by atoms with Crippen molar-refractivity contribution in [2.24, 2.45) is 4.99 Å². The monoisotopic (exact) mass is 389 g/mol. The van der Waals surface area contributed by atoms with Gasteiger partial charge in [0.25, 0.3) is 5.91 Å². The summed E-state index contributed by atoms with van der Waals surface area (Å²) in [7, 11) is 0. The number of nitrogens with zero attached hydrogens (tertiary/aromatic N) is 3. The first-order valence-electron chi connectivity index (χ1n) is 9.59. The van der Waals surface area contributed by atoms with Gasteiger partial charge in [-0.05, 0) is 43.3 Å². The molecule has 4 rings (SSSR count). The number of hydrogen-bond acceptors (Lipinski definition) is 3. The molecule has 0 atom stereocenters. The van der Waals surface area contributed by atoms with Crippen LogP contribution in [0.15, 0.2) is 70.7 Å². The van der Waals surface area contributed by atoms with Crippen molar-refractivity contribution in [2.45, 2.75) is 20.4 Å². The molecule has 1 saturated heterocycles. The van der Waals surface area contributed by atoms with Crippen LogP contribution in [-0.2, 0) is 11.3 Å². The Hall–Kier alpha value is -2.79. The van der Waals surface area contributed by atoms with Gasteiger partial charge in [0, 0.05) is 42.3 Å². The Balaban J connectivity index is 1.74. The van der Waals surface area contributed by atoms with Crippen molar-refractivity contribution in [3.05, 3.63) is 76.8 Å². The number of thioether (sulfide) groups is 1. The number of aromatic nitrogens is 1. The lowest BCUT2D eigenvalue weighted by atomic mass is 10.1. The summed E-state index contributed by atoms with van der Waals surface area (Å²) in [5.41, 5.74) is 3.49. The smallest absolute Gasteiger partial charge is 0.266 e. The van der Waals surface area contributed by atoms with Crippen LogP contribution in [0.1, 0.15) is 25.0 Å². The summed E-state index contributed by atoms with van der Waals surface area (Å²) in [6.07, 6.45) is 4.15. The number of fused-ring (bicyclic) bond motifs is 1. The van der Waals surface area contributed by atoms with Gasteiger partial charge in [0.05, 0.1) is 4.91 Å². The van der Waals surface area contributed by atoms with Crippen molar-refractivity contribution in [2.75, 3.05) is 13.1 Å². The Morgan fingerprint density at radius 3 is 2.54 bits per heavy atom. The van der Waals surface area contributed by atoms with Crippen molar-refractivity contribution in [3.63, 3.8) is 0 Å². The lowest BCUT2D eigenvalue weighted by molar-refractivity contribution is -0.122. The van der Waals surface area contributed by atoms with E-state index in [2.05, 4.69) is 58.2 Å². The highest BCUT2D eigenvalue weighted by Gasteiger charge is 2.32. The Morgan fingerprint density at radius 2 is 1.79 bits per heavy atom. The van der Waals surface area contributed by atoms with E-state index >= 15 is 0 Å². The first-order chi connectivity index (χ1) is 13.7. The van der Waals surface area contributed by atoms with Gasteiger partial charge in [0.15, 0.2) is 5.17 Å². The van der Waals surface area contributed by atoms with E-state index in [1.54, 1.807) is 4.90 Å². The molecule has 5 heteroatoms. The number of hydrogen-bond donors (Lipinski definition) is 0. The Labute approximate surface area is 169 Å². The number of amides is 1. The third kappa shape index (κ3) is 3.50. The van der Waals surface area contributed by atoms with E-state index in [4.69, 9.17) is 0 Å². The molecular formula is C23H23N3OS. The molecule has 0 spiro atoms. The zero-order valence-corrected chi connectivity index (χ0v) is 16.9. The molecular weight excluding hydrogens is 366 g/mol. The number of carbonyl (C=O) groups is 1. The molecule has 0 bridgehead atoms. The van der Waals surface area contributed by atoms with E-state index in [-0.39, 0.29) is 5.91 Å². The number of carbonyl (C=O) groups excluding carboxylic acids is 1. The summed E-state index contributed by atoms with van der Waals surface area (Å²) in [6.45, 7) is 6.09. The van der Waals surface area contributed by atoms with Gasteiger partial charge in [-0.2, -0.15) is 0 Å². The molecule has 142 valence electrons. The van der Waals surface area contributed by atoms with Gasteiger partial charge in [0.2, 0.25) is 0 Å². The Morgan fingerprint density at radius 1 is 1.04 bits per heavy atom. The van der Waals surface area contributed by atoms with Crippen molar-refractivity contribution in [3.8, 4) is 0 Å². The third-order valence-corrected chi connectivity index (χ3v) is 5.84. The highest BCUT2D eigenvalue weighted by Crippen LogP contribution is 2.34. The molecule has 3 aromatic rings. The minimum absolute atomic E-state index is 0.0413. The predicted molar refractivity (Wildman–Crippen MR) is 118 cm³/mol. The van der Waals surface area contributed by atoms with Gasteiger partial charge in [-0.3, -0.25) is 14.7 Å². The molecule has 1 fully saturated rings. The van der Waals surface area contributed by atoms with Crippen LogP contribution in [0.5, 0.6) is 0 Å². The summed E-state index contributed by atoms with van der Waals surface area (Å²) in [5, 5.41) is 1.96. The SMILES string of the molecule is CCN=C1SC(=Cc2cn(Cc3ccccc3)c3ccccc23)C(=O)N1CC. The summed E-state index contributed by atoms with van der Waals surface area (Å²) in [6, 6.07) is 18.8. The van der Waals surface area contributed by atoms with Crippen molar-refractivity contribution >= 4 is 39.8 Å². The first-order valence-corrected chi connectivity index (χ1v) is 10.4. The van der Waals surface area contributed by atoms with Crippen molar-refractivity contribution in [1.82, 2.24) is 9.47 Å². The van der Waals surface area contributed by atoms with Gasteiger partial charge in [-0.15, -0.1) is 0 Å². The molecule has 2 heterocycles. The maximum absolute atomic E-state index is 12.8. The molecule has 1 amide bonds. The minimum Gasteiger partial charge on any atom is -0.342 e. The van der Waals surface area contributed by atoms with Crippen LogP contribution in [0.3, 0.4) is 0 Å². The molecule has 28 heavy (non-hydrogen) atoms. The fraction of sp³-hybridized carbons (Fsp3) is 0.217. The second kappa shape index (κ2) is 8.07. The normalized spacial score (nSPS) is 17.4. The fourth-order valence-electron chi connectivity index (χ4n) is 3.48. The van der Waals surface area contributed by atoms with E-state index in [1.807, 2.05) is 32.1 Å². The molecule has 0 unspecified atom stereocenters. The summed E-state index contributed by atoms with van der Waals surface area (Å²) in [4.78, 5) is 19.8. The topological polar surface area (TPSA) is 37.6 Å². The first kappa shape index (κ1) is 18.6. The molecule has 0 saturated carbocycles. The zero-order chi connectivity index (χ0) is 19.5. The highest BCUT2D eigenvalue weighted by molar-refractivity contribution is 8.18. The molecule has 0 aliphatic carbocycles. The lowest BCUT2D eigenvalue weighted by Crippen LogP contribution is -2.28. The van der Waals surface area contributed by atoms with Crippen LogP contribution in [0, 0.1) is 0 Å². The Bertz CT molecular complexity index is 1070. The standard InChI is InChI=1S/C23H23N3OS/c1-3-24-23-26(4-2)22(27)21(28-23)14-18-16-25(15-17-10-6-5-7-11-17)20-13-9-8-12-19(18)20/h5-14,16H,3-4,15H2,1-2H3. The van der Waals surface area contributed by atoms with E-state index in [9.17, 15) is 4.79 Å². The average Bonchev–Trinajstić information content (AvgIpc) is 3.21. The van der Waals surface area contributed by atoms with Crippen LogP contribution in [0.2, 0.25) is 0 Å². The van der Waals surface area contributed by atoms with E-state index < -0.39 is 0 Å². The maximum atomic E-state index is 12.8.